The highest BCUT2D eigenvalue weighted by atomic mass is 19.4. The highest BCUT2D eigenvalue weighted by Crippen LogP contribution is 2.23. The van der Waals surface area contributed by atoms with E-state index in [0.29, 0.717) is 24.3 Å². The average Bonchev–Trinajstić information content (AvgIpc) is 2.96. The fourth-order valence-corrected chi connectivity index (χ4v) is 1.87. The summed E-state index contributed by atoms with van der Waals surface area (Å²) in [7, 11) is 0. The fraction of sp³-hybridized carbons (Fsp3) is 0.357. The Morgan fingerprint density at radius 2 is 2.09 bits per heavy atom. The van der Waals surface area contributed by atoms with Crippen molar-refractivity contribution in [2.75, 3.05) is 6.54 Å². The van der Waals surface area contributed by atoms with Crippen molar-refractivity contribution < 1.29 is 18.0 Å². The van der Waals surface area contributed by atoms with Crippen molar-refractivity contribution in [3.8, 4) is 11.3 Å². The number of halogens is 3. The van der Waals surface area contributed by atoms with E-state index in [1.807, 2.05) is 0 Å². The Morgan fingerprint density at radius 1 is 1.30 bits per heavy atom. The molecule has 0 atom stereocenters. The van der Waals surface area contributed by atoms with E-state index in [2.05, 4.69) is 15.6 Å². The predicted molar refractivity (Wildman–Crippen MR) is 76.6 cm³/mol. The Labute approximate surface area is 130 Å². The fourth-order valence-electron chi connectivity index (χ4n) is 1.87. The first kappa shape index (κ1) is 16.9. The van der Waals surface area contributed by atoms with Crippen LogP contribution in [0.1, 0.15) is 12.8 Å². The molecule has 123 valence electrons. The second-order valence-electron chi connectivity index (χ2n) is 4.83. The number of carbonyl (C=O) groups is 1. The van der Waals surface area contributed by atoms with Gasteiger partial charge in [0.05, 0.1) is 11.9 Å². The summed E-state index contributed by atoms with van der Waals surface area (Å²) < 4.78 is 38.3. The number of aryl methyl sites for hydroxylation is 1. The van der Waals surface area contributed by atoms with Gasteiger partial charge >= 0.3 is 12.1 Å². The standard InChI is InChI=1S/C14H15F3N5O/c15-14(16,17)13(23)19-11-5-3-4-10(8-11)12-9-22(21-20-12)7-2-1-6-18/h3-5,8-9H,1-2,6-7,18H2. The van der Waals surface area contributed by atoms with Crippen LogP contribution in [-0.4, -0.2) is 33.6 Å². The van der Waals surface area contributed by atoms with Gasteiger partial charge in [0.2, 0.25) is 0 Å². The molecule has 6 nitrogen and oxygen atoms in total. The summed E-state index contributed by atoms with van der Waals surface area (Å²) in [5, 5.41) is 11.0. The van der Waals surface area contributed by atoms with Crippen LogP contribution in [0, 0.1) is 0 Å². The zero-order valence-corrected chi connectivity index (χ0v) is 12.1. The molecule has 0 aliphatic rings. The molecule has 1 amide bonds. The molecule has 1 aromatic carbocycles. The molecule has 0 spiro atoms. The molecular formula is C14H15F3N5O. The molecule has 23 heavy (non-hydrogen) atoms. The number of aromatic nitrogens is 3. The summed E-state index contributed by atoms with van der Waals surface area (Å²) in [5.41, 5.74) is 6.36. The highest BCUT2D eigenvalue weighted by Gasteiger charge is 2.40. The normalized spacial score (nSPS) is 11.5. The van der Waals surface area contributed by atoms with E-state index in [4.69, 9.17) is 5.73 Å². The third-order valence-electron chi connectivity index (χ3n) is 3.00. The molecule has 0 saturated heterocycles. The lowest BCUT2D eigenvalue weighted by Crippen LogP contribution is -2.29. The second kappa shape index (κ2) is 7.23. The maximum Gasteiger partial charge on any atom is 0.473 e. The van der Waals surface area contributed by atoms with Gasteiger partial charge in [-0.2, -0.15) is 13.2 Å². The van der Waals surface area contributed by atoms with Gasteiger partial charge in [-0.1, -0.05) is 17.3 Å². The van der Waals surface area contributed by atoms with Crippen molar-refractivity contribution in [1.82, 2.24) is 20.3 Å². The molecule has 1 aromatic heterocycles. The predicted octanol–water partition coefficient (Wildman–Crippen LogP) is 2.01. The Hall–Kier alpha value is -2.42. The van der Waals surface area contributed by atoms with E-state index in [1.165, 1.54) is 18.2 Å². The number of alkyl halides is 3. The van der Waals surface area contributed by atoms with Gasteiger partial charge in [-0.25, -0.2) is 5.32 Å². The minimum absolute atomic E-state index is 0.0810. The maximum atomic E-state index is 12.2. The van der Waals surface area contributed by atoms with Crippen molar-refractivity contribution in [2.45, 2.75) is 25.6 Å². The lowest BCUT2D eigenvalue weighted by atomic mass is 10.1. The number of amides is 1. The van der Waals surface area contributed by atoms with E-state index in [0.717, 1.165) is 12.8 Å². The lowest BCUT2D eigenvalue weighted by molar-refractivity contribution is -0.172. The van der Waals surface area contributed by atoms with Crippen LogP contribution in [-0.2, 0) is 11.3 Å². The van der Waals surface area contributed by atoms with E-state index in [1.54, 1.807) is 16.9 Å². The minimum Gasteiger partial charge on any atom is -0.330 e. The Kier molecular flexibility index (Phi) is 5.32. The van der Waals surface area contributed by atoms with Crippen LogP contribution in [0.15, 0.2) is 30.5 Å². The molecule has 2 rings (SSSR count). The van der Waals surface area contributed by atoms with E-state index >= 15 is 0 Å². The third kappa shape index (κ3) is 4.78. The summed E-state index contributed by atoms with van der Waals surface area (Å²) in [4.78, 5) is 10.9. The molecule has 0 aliphatic carbocycles. The van der Waals surface area contributed by atoms with Crippen LogP contribution in [0.4, 0.5) is 18.9 Å². The quantitative estimate of drug-likeness (QED) is 0.823. The minimum atomic E-state index is -4.98. The largest absolute Gasteiger partial charge is 0.473 e. The molecular weight excluding hydrogens is 311 g/mol. The molecule has 1 radical (unpaired) electrons. The zero-order valence-electron chi connectivity index (χ0n) is 12.1. The van der Waals surface area contributed by atoms with Crippen LogP contribution < -0.4 is 11.1 Å². The van der Waals surface area contributed by atoms with E-state index in [-0.39, 0.29) is 5.69 Å². The summed E-state index contributed by atoms with van der Waals surface area (Å²) in [6.45, 7) is 1.25. The Morgan fingerprint density at radius 3 is 2.78 bits per heavy atom. The number of unbranched alkanes of at least 4 members (excludes halogenated alkanes) is 1. The van der Waals surface area contributed by atoms with E-state index < -0.39 is 12.1 Å². The average molecular weight is 326 g/mol. The zero-order chi connectivity index (χ0) is 16.9. The van der Waals surface area contributed by atoms with Crippen LogP contribution in [0.5, 0.6) is 0 Å². The molecule has 0 saturated carbocycles. The van der Waals surface area contributed by atoms with Crippen LogP contribution in [0.2, 0.25) is 0 Å². The molecule has 9 heteroatoms. The molecule has 0 bridgehead atoms. The second-order valence-corrected chi connectivity index (χ2v) is 4.83. The molecule has 1 heterocycles. The number of hydrogen-bond acceptors (Lipinski definition) is 4. The SMILES string of the molecule is NCCCCn1cc(-c2cccc([N]C(=O)C(F)(F)F)c2)nn1. The Balaban J connectivity index is 2.09. The highest BCUT2D eigenvalue weighted by molar-refractivity contribution is 5.86. The monoisotopic (exact) mass is 326 g/mol. The smallest absolute Gasteiger partial charge is 0.330 e. The number of benzene rings is 1. The first-order chi connectivity index (χ1) is 10.9. The van der Waals surface area contributed by atoms with Gasteiger partial charge in [-0.3, -0.25) is 9.48 Å². The first-order valence-corrected chi connectivity index (χ1v) is 6.93. The van der Waals surface area contributed by atoms with Gasteiger partial charge < -0.3 is 5.73 Å². The van der Waals surface area contributed by atoms with E-state index in [9.17, 15) is 18.0 Å². The number of hydrogen-bond donors (Lipinski definition) is 1. The summed E-state index contributed by atoms with van der Waals surface area (Å²) in [5.74, 6) is -2.14. The molecule has 2 aromatic rings. The van der Waals surface area contributed by atoms with Crippen molar-refractivity contribution in [1.29, 1.82) is 0 Å². The number of nitrogens with two attached hydrogens (primary N) is 1. The van der Waals surface area contributed by atoms with Gasteiger partial charge in [0.25, 0.3) is 0 Å². The number of nitrogens with zero attached hydrogens (tertiary/aromatic N) is 4. The van der Waals surface area contributed by atoms with Crippen LogP contribution in [0.25, 0.3) is 11.3 Å². The van der Waals surface area contributed by atoms with Gasteiger partial charge in [-0.05, 0) is 31.5 Å². The van der Waals surface area contributed by atoms with Crippen molar-refractivity contribution in [3.05, 3.63) is 30.5 Å². The lowest BCUT2D eigenvalue weighted by Gasteiger charge is -2.05. The van der Waals surface area contributed by atoms with Gasteiger partial charge in [-0.15, -0.1) is 5.10 Å². The molecule has 0 unspecified atom stereocenters. The molecule has 0 aliphatic heterocycles. The molecule has 2 N–H and O–H groups in total. The van der Waals surface area contributed by atoms with Crippen LogP contribution in [0.3, 0.4) is 0 Å². The summed E-state index contributed by atoms with van der Waals surface area (Å²) in [6.07, 6.45) is -1.58. The molecule has 0 fully saturated rings. The summed E-state index contributed by atoms with van der Waals surface area (Å²) >= 11 is 0. The van der Waals surface area contributed by atoms with Crippen molar-refractivity contribution in [2.24, 2.45) is 5.73 Å². The number of rotatable bonds is 6. The summed E-state index contributed by atoms with van der Waals surface area (Å²) in [6, 6.07) is 5.84. The maximum absolute atomic E-state index is 12.2. The third-order valence-corrected chi connectivity index (χ3v) is 3.00. The van der Waals surface area contributed by atoms with Gasteiger partial charge in [0.15, 0.2) is 0 Å². The Bertz CT molecular complexity index is 668. The van der Waals surface area contributed by atoms with Gasteiger partial charge in [0.1, 0.15) is 5.69 Å². The first-order valence-electron chi connectivity index (χ1n) is 6.93. The topological polar surface area (TPSA) is 87.9 Å². The van der Waals surface area contributed by atoms with Gasteiger partial charge in [0, 0.05) is 12.1 Å². The number of carbonyl (C=O) groups excluding carboxylic acids is 1. The van der Waals surface area contributed by atoms with Crippen LogP contribution >= 0.6 is 0 Å². The van der Waals surface area contributed by atoms with Crippen molar-refractivity contribution >= 4 is 11.6 Å². The van der Waals surface area contributed by atoms with Crippen molar-refractivity contribution in [3.63, 3.8) is 0 Å².